The second kappa shape index (κ2) is 4.91. The summed E-state index contributed by atoms with van der Waals surface area (Å²) in [5.41, 5.74) is -0.940. The van der Waals surface area contributed by atoms with E-state index < -0.39 is 17.9 Å². The van der Waals surface area contributed by atoms with Crippen molar-refractivity contribution in [1.29, 1.82) is 0 Å². The fraction of sp³-hybridized carbons (Fsp3) is 0.833. The maximum atomic E-state index is 12.9. The van der Waals surface area contributed by atoms with Crippen LogP contribution in [-0.2, 0) is 4.74 Å². The zero-order valence-corrected chi connectivity index (χ0v) is 11.9. The summed E-state index contributed by atoms with van der Waals surface area (Å²) in [4.78, 5) is 5.57. The van der Waals surface area contributed by atoms with Gasteiger partial charge in [0.25, 0.3) is 0 Å². The fourth-order valence-electron chi connectivity index (χ4n) is 2.09. The monoisotopic (exact) mass is 293 g/mol. The summed E-state index contributed by atoms with van der Waals surface area (Å²) in [5, 5.41) is 3.78. The largest absolute Gasteiger partial charge is 0.416 e. The summed E-state index contributed by atoms with van der Waals surface area (Å²) in [6.07, 6.45) is -6.28. The van der Waals surface area contributed by atoms with Crippen molar-refractivity contribution >= 4 is 6.01 Å². The molecule has 20 heavy (non-hydrogen) atoms. The molecule has 8 heteroatoms. The van der Waals surface area contributed by atoms with Crippen LogP contribution in [0.2, 0.25) is 0 Å². The molecule has 1 saturated heterocycles. The first-order valence-corrected chi connectivity index (χ1v) is 6.41. The van der Waals surface area contributed by atoms with Gasteiger partial charge in [0.15, 0.2) is 11.9 Å². The van der Waals surface area contributed by atoms with Crippen LogP contribution in [0.25, 0.3) is 0 Å². The molecular weight excluding hydrogens is 275 g/mol. The molecule has 2 heterocycles. The number of halogens is 3. The Kier molecular flexibility index (Phi) is 3.70. The first-order valence-electron chi connectivity index (χ1n) is 6.41. The summed E-state index contributed by atoms with van der Waals surface area (Å²) < 4.78 is 48.8. The van der Waals surface area contributed by atoms with E-state index in [0.717, 1.165) is 0 Å². The first kappa shape index (κ1) is 15.1. The van der Waals surface area contributed by atoms with Crippen LogP contribution in [-0.4, -0.2) is 41.1 Å². The van der Waals surface area contributed by atoms with Gasteiger partial charge >= 0.3 is 12.2 Å². The highest BCUT2D eigenvalue weighted by Crippen LogP contribution is 2.33. The lowest BCUT2D eigenvalue weighted by atomic mass is 10.1. The highest BCUT2D eigenvalue weighted by molar-refractivity contribution is 5.28. The van der Waals surface area contributed by atoms with Crippen molar-refractivity contribution < 1.29 is 22.4 Å². The van der Waals surface area contributed by atoms with E-state index in [-0.39, 0.29) is 25.0 Å². The minimum Gasteiger partial charge on any atom is -0.359 e. The molecule has 0 N–H and O–H groups in total. The number of nitrogens with zero attached hydrogens (tertiary/aromatic N) is 3. The van der Waals surface area contributed by atoms with Gasteiger partial charge in [-0.3, -0.25) is 0 Å². The Morgan fingerprint density at radius 2 is 2.00 bits per heavy atom. The number of hydrogen-bond acceptors (Lipinski definition) is 5. The van der Waals surface area contributed by atoms with E-state index in [0.29, 0.717) is 5.82 Å². The molecule has 1 fully saturated rings. The summed E-state index contributed by atoms with van der Waals surface area (Å²) >= 11 is 0. The fourth-order valence-corrected chi connectivity index (χ4v) is 2.09. The maximum Gasteiger partial charge on any atom is 0.416 e. The van der Waals surface area contributed by atoms with Gasteiger partial charge in [-0.15, -0.1) is 0 Å². The van der Waals surface area contributed by atoms with Gasteiger partial charge in [-0.2, -0.15) is 18.2 Å². The Balaban J connectivity index is 2.22. The zero-order valence-electron chi connectivity index (χ0n) is 11.9. The van der Waals surface area contributed by atoms with Crippen molar-refractivity contribution in [2.24, 2.45) is 0 Å². The minimum absolute atomic E-state index is 0.0555. The molecule has 1 aromatic rings. The van der Waals surface area contributed by atoms with Crippen molar-refractivity contribution in [2.75, 3.05) is 18.0 Å². The van der Waals surface area contributed by atoms with Gasteiger partial charge < -0.3 is 14.2 Å². The van der Waals surface area contributed by atoms with Crippen LogP contribution < -0.4 is 4.90 Å². The Morgan fingerprint density at radius 3 is 2.50 bits per heavy atom. The van der Waals surface area contributed by atoms with Crippen LogP contribution in [0, 0.1) is 0 Å². The molecule has 0 saturated carbocycles. The second-order valence-corrected chi connectivity index (χ2v) is 5.88. The number of ether oxygens (including phenoxy) is 1. The van der Waals surface area contributed by atoms with E-state index in [2.05, 4.69) is 10.1 Å². The lowest BCUT2D eigenvalue weighted by Crippen LogP contribution is -2.57. The SMILES string of the molecule is CC(C)c1noc(N2CC(C(F)(F)F)OC(C)(C)C2)n1. The molecule has 1 aliphatic heterocycles. The summed E-state index contributed by atoms with van der Waals surface area (Å²) in [5.74, 6) is 0.535. The summed E-state index contributed by atoms with van der Waals surface area (Å²) in [6.45, 7) is 6.91. The molecule has 0 aliphatic carbocycles. The number of aromatic nitrogens is 2. The lowest BCUT2D eigenvalue weighted by molar-refractivity contribution is -0.252. The Bertz CT molecular complexity index is 471. The molecular formula is C12H18F3N3O2. The van der Waals surface area contributed by atoms with Crippen molar-refractivity contribution in [3.8, 4) is 0 Å². The standard InChI is InChI=1S/C12H18F3N3O2/c1-7(2)9-16-10(20-17-9)18-5-8(12(13,14)15)19-11(3,4)6-18/h7-8H,5-6H2,1-4H3. The van der Waals surface area contributed by atoms with Crippen molar-refractivity contribution in [1.82, 2.24) is 10.1 Å². The molecule has 0 spiro atoms. The van der Waals surface area contributed by atoms with Crippen molar-refractivity contribution in [3.05, 3.63) is 5.82 Å². The van der Waals surface area contributed by atoms with Gasteiger partial charge in [-0.25, -0.2) is 0 Å². The quantitative estimate of drug-likeness (QED) is 0.839. The van der Waals surface area contributed by atoms with E-state index in [9.17, 15) is 13.2 Å². The molecule has 0 aromatic carbocycles. The molecule has 1 aromatic heterocycles. The minimum atomic E-state index is -4.42. The smallest absolute Gasteiger partial charge is 0.359 e. The van der Waals surface area contributed by atoms with Gasteiger partial charge in [0.2, 0.25) is 0 Å². The number of morpholine rings is 1. The predicted octanol–water partition coefficient (Wildman–Crippen LogP) is 2.74. The Labute approximate surface area is 115 Å². The van der Waals surface area contributed by atoms with E-state index in [1.807, 2.05) is 13.8 Å². The van der Waals surface area contributed by atoms with E-state index >= 15 is 0 Å². The number of hydrogen-bond donors (Lipinski definition) is 0. The van der Waals surface area contributed by atoms with Crippen LogP contribution in [0.4, 0.5) is 19.2 Å². The highest BCUT2D eigenvalue weighted by Gasteiger charge is 2.49. The van der Waals surface area contributed by atoms with Gasteiger partial charge in [0, 0.05) is 5.92 Å². The highest BCUT2D eigenvalue weighted by atomic mass is 19.4. The third-order valence-electron chi connectivity index (χ3n) is 3.00. The van der Waals surface area contributed by atoms with Crippen LogP contribution >= 0.6 is 0 Å². The summed E-state index contributed by atoms with van der Waals surface area (Å²) in [6, 6.07) is 0.110. The van der Waals surface area contributed by atoms with Crippen LogP contribution in [0.5, 0.6) is 0 Å². The summed E-state index contributed by atoms with van der Waals surface area (Å²) in [7, 11) is 0. The number of anilines is 1. The molecule has 5 nitrogen and oxygen atoms in total. The molecule has 114 valence electrons. The second-order valence-electron chi connectivity index (χ2n) is 5.88. The Morgan fingerprint density at radius 1 is 1.35 bits per heavy atom. The Hall–Kier alpha value is -1.31. The van der Waals surface area contributed by atoms with Gasteiger partial charge in [-0.05, 0) is 13.8 Å². The number of rotatable bonds is 2. The third kappa shape index (κ3) is 3.23. The van der Waals surface area contributed by atoms with Gasteiger partial charge in [-0.1, -0.05) is 19.0 Å². The van der Waals surface area contributed by atoms with Crippen LogP contribution in [0.15, 0.2) is 4.52 Å². The van der Waals surface area contributed by atoms with Crippen LogP contribution in [0.1, 0.15) is 39.4 Å². The number of alkyl halides is 3. The maximum absolute atomic E-state index is 12.9. The molecule has 0 amide bonds. The van der Waals surface area contributed by atoms with Crippen LogP contribution in [0.3, 0.4) is 0 Å². The third-order valence-corrected chi connectivity index (χ3v) is 3.00. The van der Waals surface area contributed by atoms with Gasteiger partial charge in [0.1, 0.15) is 0 Å². The predicted molar refractivity (Wildman–Crippen MR) is 65.6 cm³/mol. The van der Waals surface area contributed by atoms with Crippen molar-refractivity contribution in [2.45, 2.75) is 51.5 Å². The molecule has 0 bridgehead atoms. The molecule has 1 aliphatic rings. The zero-order chi connectivity index (χ0) is 15.1. The van der Waals surface area contributed by atoms with Crippen molar-refractivity contribution in [3.63, 3.8) is 0 Å². The van der Waals surface area contributed by atoms with E-state index in [1.165, 1.54) is 4.90 Å². The lowest BCUT2D eigenvalue weighted by Gasteiger charge is -2.42. The van der Waals surface area contributed by atoms with E-state index in [4.69, 9.17) is 9.26 Å². The van der Waals surface area contributed by atoms with E-state index in [1.54, 1.807) is 13.8 Å². The first-order chi connectivity index (χ1) is 9.08. The average Bonchev–Trinajstić information content (AvgIpc) is 2.74. The topological polar surface area (TPSA) is 51.4 Å². The molecule has 0 radical (unpaired) electrons. The van der Waals surface area contributed by atoms with Gasteiger partial charge in [0.05, 0.1) is 18.7 Å². The average molecular weight is 293 g/mol. The molecule has 1 atom stereocenters. The molecule has 1 unspecified atom stereocenters. The normalized spacial score (nSPS) is 23.4. The molecule has 2 rings (SSSR count).